The highest BCUT2D eigenvalue weighted by atomic mass is 16.5. The lowest BCUT2D eigenvalue weighted by Crippen LogP contribution is -2.47. The number of nitrogens with zero attached hydrogens (tertiary/aromatic N) is 2. The predicted octanol–water partition coefficient (Wildman–Crippen LogP) is 3.20. The predicted molar refractivity (Wildman–Crippen MR) is 69.5 cm³/mol. The van der Waals surface area contributed by atoms with E-state index in [9.17, 15) is 4.79 Å². The Hall–Kier alpha value is -1.32. The van der Waals surface area contributed by atoms with Gasteiger partial charge in [-0.3, -0.25) is 4.79 Å². The SMILES string of the molecule is CC(C)c1cc(C(=O)N2[C@H](C)CCC[C@H]2C)no1. The van der Waals surface area contributed by atoms with Crippen LogP contribution in [0.4, 0.5) is 0 Å². The normalized spacial score (nSPS) is 24.6. The number of amides is 1. The summed E-state index contributed by atoms with van der Waals surface area (Å²) in [5.74, 6) is 1.04. The molecule has 1 aromatic rings. The first-order chi connectivity index (χ1) is 8.50. The molecule has 0 unspecified atom stereocenters. The zero-order chi connectivity index (χ0) is 13.3. The molecule has 1 aromatic heterocycles. The van der Waals surface area contributed by atoms with Gasteiger partial charge in [0.05, 0.1) is 0 Å². The maximum atomic E-state index is 12.5. The standard InChI is InChI=1S/C14H22N2O2/c1-9(2)13-8-12(15-18-13)14(17)16-10(3)6-5-7-11(16)4/h8-11H,5-7H2,1-4H3/t10-,11-/m1/s1. The van der Waals surface area contributed by atoms with Crippen LogP contribution in [0.3, 0.4) is 0 Å². The van der Waals surface area contributed by atoms with E-state index in [2.05, 4.69) is 19.0 Å². The van der Waals surface area contributed by atoms with Gasteiger partial charge in [-0.2, -0.15) is 0 Å². The lowest BCUT2D eigenvalue weighted by molar-refractivity contribution is 0.0500. The number of hydrogen-bond donors (Lipinski definition) is 0. The largest absolute Gasteiger partial charge is 0.360 e. The minimum absolute atomic E-state index is 0.00495. The topological polar surface area (TPSA) is 46.3 Å². The fraction of sp³-hybridized carbons (Fsp3) is 0.714. The average molecular weight is 250 g/mol. The maximum absolute atomic E-state index is 12.5. The molecule has 0 spiro atoms. The van der Waals surface area contributed by atoms with Gasteiger partial charge in [0.25, 0.3) is 5.91 Å². The van der Waals surface area contributed by atoms with Crippen molar-refractivity contribution in [3.8, 4) is 0 Å². The second-order valence-electron chi connectivity index (χ2n) is 5.61. The van der Waals surface area contributed by atoms with Gasteiger partial charge in [0.2, 0.25) is 0 Å². The Morgan fingerprint density at radius 3 is 2.50 bits per heavy atom. The molecule has 2 rings (SSSR count). The average Bonchev–Trinajstić information content (AvgIpc) is 2.77. The van der Waals surface area contributed by atoms with Crippen LogP contribution in [0.15, 0.2) is 10.6 Å². The van der Waals surface area contributed by atoms with Crippen molar-refractivity contribution >= 4 is 5.91 Å². The zero-order valence-corrected chi connectivity index (χ0v) is 11.6. The molecule has 18 heavy (non-hydrogen) atoms. The number of rotatable bonds is 2. The fourth-order valence-electron chi connectivity index (χ4n) is 2.62. The molecule has 2 atom stereocenters. The number of carbonyl (C=O) groups excluding carboxylic acids is 1. The summed E-state index contributed by atoms with van der Waals surface area (Å²) >= 11 is 0. The second kappa shape index (κ2) is 5.12. The smallest absolute Gasteiger partial charge is 0.276 e. The summed E-state index contributed by atoms with van der Waals surface area (Å²) in [4.78, 5) is 14.4. The third-order valence-electron chi connectivity index (χ3n) is 3.74. The van der Waals surface area contributed by atoms with Crippen molar-refractivity contribution in [3.63, 3.8) is 0 Å². The molecule has 1 aliphatic heterocycles. The summed E-state index contributed by atoms with van der Waals surface area (Å²) in [5.41, 5.74) is 0.444. The third kappa shape index (κ3) is 2.42. The van der Waals surface area contributed by atoms with Crippen LogP contribution in [0, 0.1) is 0 Å². The van der Waals surface area contributed by atoms with Crippen LogP contribution in [-0.4, -0.2) is 28.0 Å². The number of carbonyl (C=O) groups is 1. The summed E-state index contributed by atoms with van der Waals surface area (Å²) in [6.45, 7) is 8.27. The van der Waals surface area contributed by atoms with Crippen LogP contribution in [0.25, 0.3) is 0 Å². The molecule has 1 aliphatic rings. The van der Waals surface area contributed by atoms with Gasteiger partial charge in [-0.25, -0.2) is 0 Å². The van der Waals surface area contributed by atoms with Gasteiger partial charge in [0.15, 0.2) is 5.69 Å². The van der Waals surface area contributed by atoms with Crippen LogP contribution in [-0.2, 0) is 0 Å². The zero-order valence-electron chi connectivity index (χ0n) is 11.6. The first-order valence-electron chi connectivity index (χ1n) is 6.80. The van der Waals surface area contributed by atoms with Gasteiger partial charge in [0.1, 0.15) is 5.76 Å². The highest BCUT2D eigenvalue weighted by Crippen LogP contribution is 2.25. The molecule has 0 N–H and O–H groups in total. The highest BCUT2D eigenvalue weighted by molar-refractivity contribution is 5.92. The third-order valence-corrected chi connectivity index (χ3v) is 3.74. The van der Waals surface area contributed by atoms with Gasteiger partial charge in [-0.05, 0) is 33.1 Å². The second-order valence-corrected chi connectivity index (χ2v) is 5.61. The van der Waals surface area contributed by atoms with E-state index in [1.807, 2.05) is 18.7 Å². The Morgan fingerprint density at radius 1 is 1.39 bits per heavy atom. The Bertz CT molecular complexity index is 415. The molecule has 0 aromatic carbocycles. The molecule has 0 aliphatic carbocycles. The lowest BCUT2D eigenvalue weighted by Gasteiger charge is -2.38. The molecular formula is C14H22N2O2. The van der Waals surface area contributed by atoms with Crippen molar-refractivity contribution in [1.29, 1.82) is 0 Å². The van der Waals surface area contributed by atoms with E-state index >= 15 is 0 Å². The molecule has 0 saturated carbocycles. The monoisotopic (exact) mass is 250 g/mol. The van der Waals surface area contributed by atoms with Crippen LogP contribution < -0.4 is 0 Å². The number of aromatic nitrogens is 1. The van der Waals surface area contributed by atoms with Crippen molar-refractivity contribution in [1.82, 2.24) is 10.1 Å². The Labute approximate surface area is 108 Å². The Morgan fingerprint density at radius 2 is 2.00 bits per heavy atom. The van der Waals surface area contributed by atoms with Crippen molar-refractivity contribution in [2.75, 3.05) is 0 Å². The van der Waals surface area contributed by atoms with Gasteiger partial charge >= 0.3 is 0 Å². The quantitative estimate of drug-likeness (QED) is 0.809. The van der Waals surface area contributed by atoms with Gasteiger partial charge < -0.3 is 9.42 Å². The van der Waals surface area contributed by atoms with Gasteiger partial charge in [-0.15, -0.1) is 0 Å². The first-order valence-corrected chi connectivity index (χ1v) is 6.80. The van der Waals surface area contributed by atoms with E-state index in [0.717, 1.165) is 18.6 Å². The van der Waals surface area contributed by atoms with Crippen LogP contribution in [0.5, 0.6) is 0 Å². The minimum Gasteiger partial charge on any atom is -0.360 e. The maximum Gasteiger partial charge on any atom is 0.276 e. The van der Waals surface area contributed by atoms with E-state index in [1.54, 1.807) is 6.07 Å². The Kier molecular flexibility index (Phi) is 3.73. The minimum atomic E-state index is 0.00495. The number of piperidine rings is 1. The summed E-state index contributed by atoms with van der Waals surface area (Å²) < 4.78 is 5.21. The van der Waals surface area contributed by atoms with Gasteiger partial charge in [-0.1, -0.05) is 19.0 Å². The van der Waals surface area contributed by atoms with E-state index in [-0.39, 0.29) is 11.8 Å². The summed E-state index contributed by atoms with van der Waals surface area (Å²) in [6, 6.07) is 2.36. The molecule has 100 valence electrons. The first kappa shape index (κ1) is 13.1. The van der Waals surface area contributed by atoms with E-state index in [4.69, 9.17) is 4.52 Å². The van der Waals surface area contributed by atoms with Crippen molar-refractivity contribution in [2.24, 2.45) is 0 Å². The number of hydrogen-bond acceptors (Lipinski definition) is 3. The number of likely N-dealkylation sites (tertiary alicyclic amines) is 1. The lowest BCUT2D eigenvalue weighted by atomic mass is 9.97. The van der Waals surface area contributed by atoms with Gasteiger partial charge in [0, 0.05) is 24.1 Å². The molecule has 4 heteroatoms. The molecule has 2 heterocycles. The van der Waals surface area contributed by atoms with Crippen molar-refractivity contribution in [2.45, 2.75) is 65.0 Å². The van der Waals surface area contributed by atoms with Crippen LogP contribution in [0.1, 0.15) is 69.1 Å². The highest BCUT2D eigenvalue weighted by Gasteiger charge is 2.31. The van der Waals surface area contributed by atoms with Crippen molar-refractivity contribution in [3.05, 3.63) is 17.5 Å². The fourth-order valence-corrected chi connectivity index (χ4v) is 2.62. The summed E-state index contributed by atoms with van der Waals surface area (Å²) in [6.07, 6.45) is 3.35. The van der Waals surface area contributed by atoms with E-state index < -0.39 is 0 Å². The molecule has 0 radical (unpaired) electrons. The molecule has 0 bridgehead atoms. The molecule has 1 saturated heterocycles. The molecule has 1 amide bonds. The summed E-state index contributed by atoms with van der Waals surface area (Å²) in [7, 11) is 0. The molecular weight excluding hydrogens is 228 g/mol. The van der Waals surface area contributed by atoms with Crippen LogP contribution in [0.2, 0.25) is 0 Å². The van der Waals surface area contributed by atoms with Crippen LogP contribution >= 0.6 is 0 Å². The summed E-state index contributed by atoms with van der Waals surface area (Å²) in [5, 5.41) is 3.92. The van der Waals surface area contributed by atoms with E-state index in [1.165, 1.54) is 6.42 Å². The molecule has 4 nitrogen and oxygen atoms in total. The molecule has 1 fully saturated rings. The van der Waals surface area contributed by atoms with E-state index in [0.29, 0.717) is 17.8 Å². The van der Waals surface area contributed by atoms with Crippen molar-refractivity contribution < 1.29 is 9.32 Å². The Balaban J connectivity index is 2.18.